The molecule has 10 nitrogen and oxygen atoms in total. The number of ether oxygens (including phenoxy) is 1. The van der Waals surface area contributed by atoms with Gasteiger partial charge in [-0.25, -0.2) is 9.18 Å². The molecule has 3 aliphatic heterocycles. The first kappa shape index (κ1) is 33.5. The van der Waals surface area contributed by atoms with Crippen LogP contribution in [0.1, 0.15) is 75.6 Å². The minimum Gasteiger partial charge on any atom is -0.444 e. The van der Waals surface area contributed by atoms with E-state index in [0.29, 0.717) is 43.0 Å². The highest BCUT2D eigenvalue weighted by Gasteiger charge is 2.45. The number of hydrogen-bond acceptors (Lipinski definition) is 7. The van der Waals surface area contributed by atoms with E-state index in [1.807, 2.05) is 70.7 Å². The van der Waals surface area contributed by atoms with E-state index in [4.69, 9.17) is 4.74 Å². The van der Waals surface area contributed by atoms with Crippen LogP contribution in [0.25, 0.3) is 0 Å². The van der Waals surface area contributed by atoms with Crippen LogP contribution in [0.4, 0.5) is 14.9 Å². The summed E-state index contributed by atoms with van der Waals surface area (Å²) in [6, 6.07) is 14.3. The van der Waals surface area contributed by atoms with E-state index in [2.05, 4.69) is 4.98 Å². The highest BCUT2D eigenvalue weighted by atomic mass is 19.1. The van der Waals surface area contributed by atoms with E-state index >= 15 is 0 Å². The molecule has 3 atom stereocenters. The van der Waals surface area contributed by atoms with Crippen LogP contribution in [-0.2, 0) is 32.8 Å². The second kappa shape index (κ2) is 12.6. The maximum atomic E-state index is 14.3. The Morgan fingerprint density at radius 3 is 2.29 bits per heavy atom. The van der Waals surface area contributed by atoms with E-state index in [-0.39, 0.29) is 30.9 Å². The molecule has 3 amide bonds. The average Bonchev–Trinajstić information content (AvgIpc) is 3.58. The number of aliphatic hydroxyl groups is 1. The molecule has 3 aromatic rings. The molecule has 1 fully saturated rings. The topological polar surface area (TPSA) is 107 Å². The summed E-state index contributed by atoms with van der Waals surface area (Å²) >= 11 is 0. The third kappa shape index (κ3) is 6.66. The smallest absolute Gasteiger partial charge is 0.410 e. The minimum absolute atomic E-state index is 0.0516. The summed E-state index contributed by atoms with van der Waals surface area (Å²) in [5.41, 5.74) is 3.34. The number of benzene rings is 2. The van der Waals surface area contributed by atoms with Crippen molar-refractivity contribution in [1.29, 1.82) is 0 Å². The predicted octanol–water partition coefficient (Wildman–Crippen LogP) is 4.78. The molecule has 0 aliphatic carbocycles. The zero-order valence-corrected chi connectivity index (χ0v) is 28.4. The Balaban J connectivity index is 1.26. The summed E-state index contributed by atoms with van der Waals surface area (Å²) in [6.07, 6.45) is 0.0533. The number of pyridine rings is 1. The Hall–Kier alpha value is -4.35. The van der Waals surface area contributed by atoms with Crippen LogP contribution in [-0.4, -0.2) is 86.6 Å². The molecule has 48 heavy (non-hydrogen) atoms. The van der Waals surface area contributed by atoms with Crippen molar-refractivity contribution in [3.8, 4) is 0 Å². The standard InChI is InChI=1S/C37H44FN5O5/c1-23-17-40(30(20-42(23)35(47)48-36(2,3)4)34(46)41-18-25-9-7-8-10-26(25)19-41)21-31(44)43-22-37(5,6)33-29(43)15-27(16-39-33)32(45)24-11-13-28(38)14-12-24/h7-16,23,30,32,45H,17-22H2,1-6H3/t23-,30+,32-/m1/s1. The van der Waals surface area contributed by atoms with E-state index in [9.17, 15) is 23.9 Å². The van der Waals surface area contributed by atoms with Gasteiger partial charge in [-0.1, -0.05) is 50.2 Å². The van der Waals surface area contributed by atoms with E-state index in [0.717, 1.165) is 16.8 Å². The number of hydrogen-bond donors (Lipinski definition) is 1. The molecule has 6 rings (SSSR count). The second-order valence-corrected chi connectivity index (χ2v) is 14.8. The second-order valence-electron chi connectivity index (χ2n) is 14.8. The number of piperazine rings is 1. The molecule has 0 saturated carbocycles. The maximum absolute atomic E-state index is 14.3. The lowest BCUT2D eigenvalue weighted by molar-refractivity contribution is -0.141. The molecule has 11 heteroatoms. The number of aliphatic hydroxyl groups excluding tert-OH is 1. The molecular formula is C37H44FN5O5. The number of fused-ring (bicyclic) bond motifs is 2. The SMILES string of the molecule is C[C@@H]1CN(CC(=O)N2CC(C)(C)c3ncc([C@H](O)c4ccc(F)cc4)cc32)[C@H](C(=O)N2Cc3ccccc3C2)CN1C(=O)OC(C)(C)C. The van der Waals surface area contributed by atoms with E-state index < -0.39 is 35.1 Å². The molecule has 2 aromatic carbocycles. The first-order valence-electron chi connectivity index (χ1n) is 16.4. The van der Waals surface area contributed by atoms with Gasteiger partial charge in [-0.2, -0.15) is 0 Å². The molecule has 0 radical (unpaired) electrons. The van der Waals surface area contributed by atoms with Crippen LogP contribution in [0.15, 0.2) is 60.8 Å². The Morgan fingerprint density at radius 1 is 1.02 bits per heavy atom. The van der Waals surface area contributed by atoms with Crippen LogP contribution in [0.3, 0.4) is 0 Å². The Bertz CT molecular complexity index is 1700. The van der Waals surface area contributed by atoms with Gasteiger partial charge in [0, 0.05) is 55.9 Å². The van der Waals surface area contributed by atoms with Crippen molar-refractivity contribution in [2.45, 2.75) is 83.8 Å². The fraction of sp³-hybridized carbons (Fsp3) is 0.459. The Labute approximate surface area is 281 Å². The lowest BCUT2D eigenvalue weighted by Crippen LogP contribution is -2.64. The third-order valence-electron chi connectivity index (χ3n) is 9.42. The Kier molecular flexibility index (Phi) is 8.80. The average molecular weight is 658 g/mol. The van der Waals surface area contributed by atoms with Gasteiger partial charge in [0.05, 0.1) is 17.9 Å². The molecule has 1 aromatic heterocycles. The first-order valence-corrected chi connectivity index (χ1v) is 16.4. The lowest BCUT2D eigenvalue weighted by atomic mass is 9.90. The summed E-state index contributed by atoms with van der Waals surface area (Å²) in [7, 11) is 0. The van der Waals surface area contributed by atoms with Crippen molar-refractivity contribution in [2.24, 2.45) is 0 Å². The quantitative estimate of drug-likeness (QED) is 0.421. The molecule has 1 N–H and O–H groups in total. The van der Waals surface area contributed by atoms with Crippen molar-refractivity contribution in [1.82, 2.24) is 19.7 Å². The van der Waals surface area contributed by atoms with Crippen LogP contribution in [0.5, 0.6) is 0 Å². The van der Waals surface area contributed by atoms with Gasteiger partial charge in [-0.15, -0.1) is 0 Å². The van der Waals surface area contributed by atoms with Crippen LogP contribution < -0.4 is 4.90 Å². The van der Waals surface area contributed by atoms with Crippen molar-refractivity contribution in [2.75, 3.05) is 31.1 Å². The zero-order chi connectivity index (χ0) is 34.5. The van der Waals surface area contributed by atoms with Crippen LogP contribution >= 0.6 is 0 Å². The number of carbonyl (C=O) groups excluding carboxylic acids is 3. The number of anilines is 1. The fourth-order valence-corrected chi connectivity index (χ4v) is 6.95. The Morgan fingerprint density at radius 2 is 1.67 bits per heavy atom. The molecule has 254 valence electrons. The molecule has 1 saturated heterocycles. The summed E-state index contributed by atoms with van der Waals surface area (Å²) in [4.78, 5) is 53.4. The van der Waals surface area contributed by atoms with Crippen molar-refractivity contribution in [3.05, 3.63) is 94.6 Å². The van der Waals surface area contributed by atoms with Crippen molar-refractivity contribution in [3.63, 3.8) is 0 Å². The normalized spacial score (nSPS) is 21.1. The monoisotopic (exact) mass is 657 g/mol. The largest absolute Gasteiger partial charge is 0.444 e. The van der Waals surface area contributed by atoms with Gasteiger partial charge in [0.2, 0.25) is 11.8 Å². The summed E-state index contributed by atoms with van der Waals surface area (Å²) in [6.45, 7) is 13.0. The summed E-state index contributed by atoms with van der Waals surface area (Å²) in [5.74, 6) is -0.755. The third-order valence-corrected chi connectivity index (χ3v) is 9.42. The zero-order valence-electron chi connectivity index (χ0n) is 28.4. The van der Waals surface area contributed by atoms with Crippen LogP contribution in [0.2, 0.25) is 0 Å². The van der Waals surface area contributed by atoms with Crippen molar-refractivity contribution < 1.29 is 28.6 Å². The molecule has 0 spiro atoms. The number of halogens is 1. The molecule has 4 heterocycles. The number of nitrogens with zero attached hydrogens (tertiary/aromatic N) is 5. The van der Waals surface area contributed by atoms with E-state index in [1.54, 1.807) is 27.0 Å². The molecule has 0 bridgehead atoms. The highest BCUT2D eigenvalue weighted by Crippen LogP contribution is 2.41. The van der Waals surface area contributed by atoms with Gasteiger partial charge in [-0.3, -0.25) is 19.5 Å². The number of rotatable bonds is 5. The number of aromatic nitrogens is 1. The number of carbonyl (C=O) groups is 3. The van der Waals surface area contributed by atoms with Gasteiger partial charge in [-0.05, 0) is 62.6 Å². The van der Waals surface area contributed by atoms with Gasteiger partial charge in [0.25, 0.3) is 0 Å². The highest BCUT2D eigenvalue weighted by molar-refractivity contribution is 5.98. The predicted molar refractivity (Wildman–Crippen MR) is 179 cm³/mol. The van der Waals surface area contributed by atoms with Gasteiger partial charge < -0.3 is 24.5 Å². The molecule has 0 unspecified atom stereocenters. The number of amides is 3. The first-order chi connectivity index (χ1) is 22.6. The van der Waals surface area contributed by atoms with Crippen molar-refractivity contribution >= 4 is 23.6 Å². The lowest BCUT2D eigenvalue weighted by Gasteiger charge is -2.45. The van der Waals surface area contributed by atoms with Gasteiger partial charge in [0.15, 0.2) is 0 Å². The summed E-state index contributed by atoms with van der Waals surface area (Å²) < 4.78 is 19.2. The molecule has 3 aliphatic rings. The van der Waals surface area contributed by atoms with Gasteiger partial charge in [0.1, 0.15) is 23.6 Å². The molecular weight excluding hydrogens is 613 g/mol. The van der Waals surface area contributed by atoms with E-state index in [1.165, 1.54) is 24.3 Å². The summed E-state index contributed by atoms with van der Waals surface area (Å²) in [5, 5.41) is 11.1. The van der Waals surface area contributed by atoms with Crippen LogP contribution in [0, 0.1) is 5.82 Å². The maximum Gasteiger partial charge on any atom is 0.410 e. The minimum atomic E-state index is -1.06. The fourth-order valence-electron chi connectivity index (χ4n) is 6.95. The van der Waals surface area contributed by atoms with Gasteiger partial charge >= 0.3 is 6.09 Å².